The second kappa shape index (κ2) is 19.8. The smallest absolute Gasteiger partial charge is 0.334 e. The highest BCUT2D eigenvalue weighted by molar-refractivity contribution is 6.20. The summed E-state index contributed by atoms with van der Waals surface area (Å²) in [6, 6.07) is 0. The summed E-state index contributed by atoms with van der Waals surface area (Å²) in [6.45, 7) is 4.99. The number of hydrogen-bond acceptors (Lipinski definition) is 3. The van der Waals surface area contributed by atoms with Gasteiger partial charge < -0.3 is 9.64 Å². The standard InChI is InChI=1S/C24H46ClNO2/c1-5-6-7-8-9-10-11-12-13-14-15-16-17-20-23(25)28-24(27)22(2)19-18-21-26(3)4/h19,23H,5-18,20-21H2,1-4H3. The van der Waals surface area contributed by atoms with Crippen molar-refractivity contribution in [2.45, 2.75) is 116 Å². The Morgan fingerprint density at radius 3 is 1.82 bits per heavy atom. The fourth-order valence-electron chi connectivity index (χ4n) is 3.21. The first-order valence-corrected chi connectivity index (χ1v) is 12.1. The summed E-state index contributed by atoms with van der Waals surface area (Å²) < 4.78 is 5.32. The molecule has 0 spiro atoms. The van der Waals surface area contributed by atoms with E-state index in [1.54, 1.807) is 6.92 Å². The lowest BCUT2D eigenvalue weighted by molar-refractivity contribution is -0.140. The average Bonchev–Trinajstić information content (AvgIpc) is 2.65. The molecule has 1 atom stereocenters. The first-order chi connectivity index (χ1) is 13.5. The lowest BCUT2D eigenvalue weighted by atomic mass is 10.0. The van der Waals surface area contributed by atoms with Crippen molar-refractivity contribution in [1.29, 1.82) is 0 Å². The van der Waals surface area contributed by atoms with E-state index in [1.165, 1.54) is 77.0 Å². The van der Waals surface area contributed by atoms with Gasteiger partial charge in [0.05, 0.1) is 0 Å². The number of carbonyl (C=O) groups excluding carboxylic acids is 1. The molecule has 0 amide bonds. The van der Waals surface area contributed by atoms with Crippen LogP contribution in [0.25, 0.3) is 0 Å². The highest BCUT2D eigenvalue weighted by Crippen LogP contribution is 2.16. The van der Waals surface area contributed by atoms with Crippen molar-refractivity contribution in [2.75, 3.05) is 20.6 Å². The molecule has 0 aliphatic rings. The van der Waals surface area contributed by atoms with Crippen molar-refractivity contribution in [3.8, 4) is 0 Å². The zero-order valence-electron chi connectivity index (χ0n) is 19.1. The summed E-state index contributed by atoms with van der Waals surface area (Å²) in [7, 11) is 4.04. The molecule has 0 aliphatic carbocycles. The van der Waals surface area contributed by atoms with Gasteiger partial charge in [-0.15, -0.1) is 0 Å². The maximum absolute atomic E-state index is 12.0. The third-order valence-corrected chi connectivity index (χ3v) is 5.43. The maximum atomic E-state index is 12.0. The molecule has 0 rings (SSSR count). The number of rotatable bonds is 19. The number of carbonyl (C=O) groups is 1. The molecule has 0 bridgehead atoms. The van der Waals surface area contributed by atoms with Crippen LogP contribution in [0.5, 0.6) is 0 Å². The molecule has 1 unspecified atom stereocenters. The number of esters is 1. The van der Waals surface area contributed by atoms with Crippen LogP contribution in [0.1, 0.15) is 110 Å². The highest BCUT2D eigenvalue weighted by Gasteiger charge is 2.12. The van der Waals surface area contributed by atoms with Crippen LogP contribution in [-0.4, -0.2) is 37.1 Å². The molecule has 0 aromatic carbocycles. The molecule has 28 heavy (non-hydrogen) atoms. The zero-order chi connectivity index (χ0) is 21.0. The Morgan fingerprint density at radius 2 is 1.36 bits per heavy atom. The van der Waals surface area contributed by atoms with Gasteiger partial charge in [0, 0.05) is 12.1 Å². The molecular weight excluding hydrogens is 370 g/mol. The van der Waals surface area contributed by atoms with Gasteiger partial charge in [0.2, 0.25) is 0 Å². The van der Waals surface area contributed by atoms with Crippen LogP contribution in [0.2, 0.25) is 0 Å². The second-order valence-corrected chi connectivity index (χ2v) is 8.81. The minimum absolute atomic E-state index is 0.284. The van der Waals surface area contributed by atoms with E-state index < -0.39 is 5.56 Å². The van der Waals surface area contributed by atoms with Crippen LogP contribution in [0.15, 0.2) is 11.6 Å². The van der Waals surface area contributed by atoms with Crippen molar-refractivity contribution >= 4 is 17.6 Å². The number of unbranched alkanes of at least 4 members (excludes halogenated alkanes) is 12. The summed E-state index contributed by atoms with van der Waals surface area (Å²) in [6.07, 6.45) is 20.8. The first kappa shape index (κ1) is 27.5. The third kappa shape index (κ3) is 18.8. The summed E-state index contributed by atoms with van der Waals surface area (Å²) in [5.74, 6) is -0.284. The molecule has 0 N–H and O–H groups in total. The average molecular weight is 416 g/mol. The monoisotopic (exact) mass is 415 g/mol. The summed E-state index contributed by atoms with van der Waals surface area (Å²) in [5.41, 5.74) is 0.148. The van der Waals surface area contributed by atoms with Gasteiger partial charge in [-0.05, 0) is 40.3 Å². The molecule has 166 valence electrons. The van der Waals surface area contributed by atoms with E-state index in [2.05, 4.69) is 11.8 Å². The van der Waals surface area contributed by atoms with E-state index in [9.17, 15) is 4.79 Å². The van der Waals surface area contributed by atoms with Crippen molar-refractivity contribution in [1.82, 2.24) is 4.90 Å². The van der Waals surface area contributed by atoms with Gasteiger partial charge in [0.25, 0.3) is 0 Å². The lowest BCUT2D eigenvalue weighted by Crippen LogP contribution is -2.15. The molecule has 0 fully saturated rings. The van der Waals surface area contributed by atoms with Gasteiger partial charge in [-0.1, -0.05) is 102 Å². The summed E-state index contributed by atoms with van der Waals surface area (Å²) >= 11 is 6.17. The van der Waals surface area contributed by atoms with E-state index in [0.29, 0.717) is 5.57 Å². The molecular formula is C24H46ClNO2. The Balaban J connectivity index is 3.49. The Labute approximate surface area is 180 Å². The highest BCUT2D eigenvalue weighted by atomic mass is 35.5. The molecule has 0 aromatic heterocycles. The molecule has 0 saturated heterocycles. The molecule has 0 aliphatic heterocycles. The van der Waals surface area contributed by atoms with Crippen molar-refractivity contribution in [3.63, 3.8) is 0 Å². The quantitative estimate of drug-likeness (QED) is 0.0947. The Bertz CT molecular complexity index is 396. The fraction of sp³-hybridized carbons (Fsp3) is 0.875. The predicted molar refractivity (Wildman–Crippen MR) is 123 cm³/mol. The topological polar surface area (TPSA) is 29.5 Å². The number of halogens is 1. The van der Waals surface area contributed by atoms with Crippen LogP contribution < -0.4 is 0 Å². The van der Waals surface area contributed by atoms with E-state index in [-0.39, 0.29) is 5.97 Å². The molecule has 3 nitrogen and oxygen atoms in total. The van der Waals surface area contributed by atoms with E-state index in [4.69, 9.17) is 16.3 Å². The minimum atomic E-state index is -0.502. The number of nitrogens with zero attached hydrogens (tertiary/aromatic N) is 1. The number of hydrogen-bond donors (Lipinski definition) is 0. The largest absolute Gasteiger partial charge is 0.443 e. The molecule has 0 saturated carbocycles. The van der Waals surface area contributed by atoms with E-state index >= 15 is 0 Å². The van der Waals surface area contributed by atoms with Crippen LogP contribution >= 0.6 is 11.6 Å². The Hall–Kier alpha value is -0.540. The fourth-order valence-corrected chi connectivity index (χ4v) is 3.45. The van der Waals surface area contributed by atoms with Crippen LogP contribution in [0, 0.1) is 0 Å². The minimum Gasteiger partial charge on any atom is -0.443 e. The first-order valence-electron chi connectivity index (χ1n) is 11.6. The van der Waals surface area contributed by atoms with Crippen LogP contribution in [0.3, 0.4) is 0 Å². The van der Waals surface area contributed by atoms with E-state index in [0.717, 1.165) is 25.8 Å². The maximum Gasteiger partial charge on any atom is 0.334 e. The Kier molecular flexibility index (Phi) is 19.4. The van der Waals surface area contributed by atoms with Gasteiger partial charge in [-0.25, -0.2) is 4.79 Å². The third-order valence-electron chi connectivity index (χ3n) is 5.12. The van der Waals surface area contributed by atoms with Crippen molar-refractivity contribution in [3.05, 3.63) is 11.6 Å². The van der Waals surface area contributed by atoms with Gasteiger partial charge in [-0.2, -0.15) is 0 Å². The predicted octanol–water partition coefficient (Wildman–Crippen LogP) is 7.47. The van der Waals surface area contributed by atoms with Crippen LogP contribution in [0.4, 0.5) is 0 Å². The summed E-state index contributed by atoms with van der Waals surface area (Å²) in [4.78, 5) is 14.1. The van der Waals surface area contributed by atoms with Gasteiger partial charge in [0.15, 0.2) is 5.56 Å². The van der Waals surface area contributed by atoms with Crippen molar-refractivity contribution < 1.29 is 9.53 Å². The summed E-state index contributed by atoms with van der Waals surface area (Å²) in [5, 5.41) is 0. The SMILES string of the molecule is CCCCCCCCCCCCCCCC(Cl)OC(=O)C(C)=CCCN(C)C. The van der Waals surface area contributed by atoms with Crippen molar-refractivity contribution in [2.24, 2.45) is 0 Å². The Morgan fingerprint density at radius 1 is 0.893 bits per heavy atom. The zero-order valence-corrected chi connectivity index (χ0v) is 19.9. The second-order valence-electron chi connectivity index (χ2n) is 8.33. The molecule has 0 heterocycles. The number of ether oxygens (including phenoxy) is 1. The normalized spacial score (nSPS) is 13.1. The van der Waals surface area contributed by atoms with Gasteiger partial charge in [0.1, 0.15) is 0 Å². The molecule has 0 radical (unpaired) electrons. The lowest BCUT2D eigenvalue weighted by Gasteiger charge is -2.12. The van der Waals surface area contributed by atoms with Crippen LogP contribution in [-0.2, 0) is 9.53 Å². The molecule has 0 aromatic rings. The number of alkyl halides is 1. The van der Waals surface area contributed by atoms with E-state index in [1.807, 2.05) is 20.2 Å². The molecule has 4 heteroatoms. The van der Waals surface area contributed by atoms with Gasteiger partial charge in [-0.3, -0.25) is 0 Å². The van der Waals surface area contributed by atoms with Gasteiger partial charge >= 0.3 is 5.97 Å².